The summed E-state index contributed by atoms with van der Waals surface area (Å²) >= 11 is 0. The molecule has 0 aliphatic heterocycles. The molecule has 0 aromatic heterocycles. The zero-order valence-corrected chi connectivity index (χ0v) is 10.9. The third-order valence-electron chi connectivity index (χ3n) is 3.28. The molecule has 0 atom stereocenters. The molecule has 104 valence electrons. The van der Waals surface area contributed by atoms with E-state index in [4.69, 9.17) is 0 Å². The van der Waals surface area contributed by atoms with Crippen LogP contribution in [0.1, 0.15) is 24.8 Å². The minimum atomic E-state index is -0.479. The molecule has 1 aromatic carbocycles. The van der Waals surface area contributed by atoms with E-state index < -0.39 is 10.9 Å². The lowest BCUT2D eigenvalue weighted by Gasteiger charge is -2.06. The molecular weight excluding hydrogens is 262 g/mol. The van der Waals surface area contributed by atoms with Crippen LogP contribution in [-0.2, 0) is 14.3 Å². The van der Waals surface area contributed by atoms with Crippen molar-refractivity contribution in [3.8, 4) is 0 Å². The van der Waals surface area contributed by atoms with Crippen LogP contribution in [-0.4, -0.2) is 23.8 Å². The van der Waals surface area contributed by atoms with E-state index in [-0.39, 0.29) is 17.9 Å². The summed E-state index contributed by atoms with van der Waals surface area (Å²) in [6.45, 7) is 0. The molecule has 20 heavy (non-hydrogen) atoms. The van der Waals surface area contributed by atoms with Crippen molar-refractivity contribution in [2.75, 3.05) is 7.11 Å². The summed E-state index contributed by atoms with van der Waals surface area (Å²) in [7, 11) is 1.27. The van der Waals surface area contributed by atoms with Crippen LogP contribution in [0.5, 0.6) is 0 Å². The van der Waals surface area contributed by atoms with Gasteiger partial charge in [0.05, 0.1) is 18.5 Å². The average molecular weight is 275 g/mol. The molecule has 6 nitrogen and oxygen atoms in total. The number of esters is 1. The summed E-state index contributed by atoms with van der Waals surface area (Å²) in [5, 5.41) is 10.6. The van der Waals surface area contributed by atoms with Crippen molar-refractivity contribution in [3.63, 3.8) is 0 Å². The molecule has 0 fully saturated rings. The highest BCUT2D eigenvalue weighted by atomic mass is 16.6. The van der Waals surface area contributed by atoms with Gasteiger partial charge in [0.15, 0.2) is 5.78 Å². The number of allylic oxidation sites excluding steroid dienone is 1. The number of nitro benzene ring substituents is 1. The van der Waals surface area contributed by atoms with Gasteiger partial charge in [-0.05, 0) is 29.7 Å². The van der Waals surface area contributed by atoms with Crippen molar-refractivity contribution in [1.82, 2.24) is 0 Å². The Hall–Kier alpha value is -2.50. The first-order chi connectivity index (χ1) is 9.52. The maximum Gasteiger partial charge on any atom is 0.310 e. The lowest BCUT2D eigenvalue weighted by molar-refractivity contribution is -0.384. The number of hydrogen-bond acceptors (Lipinski definition) is 5. The van der Waals surface area contributed by atoms with Crippen LogP contribution in [0, 0.1) is 10.1 Å². The molecule has 0 bridgehead atoms. The van der Waals surface area contributed by atoms with Crippen LogP contribution in [0.4, 0.5) is 5.69 Å². The first-order valence-electron chi connectivity index (χ1n) is 6.09. The van der Waals surface area contributed by atoms with E-state index in [1.807, 2.05) is 0 Å². The Morgan fingerprint density at radius 3 is 2.50 bits per heavy atom. The summed E-state index contributed by atoms with van der Waals surface area (Å²) < 4.78 is 4.58. The van der Waals surface area contributed by atoms with Gasteiger partial charge in [0, 0.05) is 24.1 Å². The lowest BCUT2D eigenvalue weighted by Crippen LogP contribution is -2.06. The van der Waals surface area contributed by atoms with Gasteiger partial charge in [-0.25, -0.2) is 0 Å². The van der Waals surface area contributed by atoms with E-state index in [1.54, 1.807) is 12.1 Å². The maximum absolute atomic E-state index is 11.8. The Morgan fingerprint density at radius 2 is 1.95 bits per heavy atom. The topological polar surface area (TPSA) is 86.5 Å². The Morgan fingerprint density at radius 1 is 1.30 bits per heavy atom. The monoisotopic (exact) mass is 275 g/mol. The third kappa shape index (κ3) is 2.74. The Kier molecular flexibility index (Phi) is 3.93. The van der Waals surface area contributed by atoms with E-state index in [0.717, 1.165) is 11.1 Å². The summed E-state index contributed by atoms with van der Waals surface area (Å²) in [4.78, 5) is 33.3. The Bertz CT molecular complexity index is 600. The van der Waals surface area contributed by atoms with Crippen LogP contribution in [0.25, 0.3) is 5.57 Å². The zero-order valence-electron chi connectivity index (χ0n) is 10.9. The first-order valence-corrected chi connectivity index (χ1v) is 6.09. The third-order valence-corrected chi connectivity index (χ3v) is 3.28. The van der Waals surface area contributed by atoms with Gasteiger partial charge in [-0.15, -0.1) is 0 Å². The number of ether oxygens (including phenoxy) is 1. The summed E-state index contributed by atoms with van der Waals surface area (Å²) in [5.74, 6) is -0.529. The minimum absolute atomic E-state index is 0.00630. The van der Waals surface area contributed by atoms with Gasteiger partial charge in [0.25, 0.3) is 5.69 Å². The fourth-order valence-electron chi connectivity index (χ4n) is 2.23. The first kappa shape index (κ1) is 13.9. The molecule has 0 saturated heterocycles. The smallest absolute Gasteiger partial charge is 0.310 e. The van der Waals surface area contributed by atoms with Crippen LogP contribution in [0.2, 0.25) is 0 Å². The summed E-state index contributed by atoms with van der Waals surface area (Å²) in [5.41, 5.74) is 1.95. The predicted molar refractivity (Wildman–Crippen MR) is 70.9 cm³/mol. The number of nitrogens with zero attached hydrogens (tertiary/aromatic N) is 1. The highest BCUT2D eigenvalue weighted by Crippen LogP contribution is 2.34. The molecule has 1 aliphatic carbocycles. The number of rotatable bonds is 4. The Labute approximate surface area is 115 Å². The minimum Gasteiger partial charge on any atom is -0.469 e. The van der Waals surface area contributed by atoms with E-state index in [1.165, 1.54) is 19.2 Å². The van der Waals surface area contributed by atoms with Crippen LogP contribution < -0.4 is 0 Å². The van der Waals surface area contributed by atoms with Gasteiger partial charge < -0.3 is 4.74 Å². The van der Waals surface area contributed by atoms with Crippen molar-refractivity contribution >= 4 is 23.0 Å². The number of carbonyl (C=O) groups excluding carboxylic acids is 2. The lowest BCUT2D eigenvalue weighted by atomic mass is 10.00. The zero-order chi connectivity index (χ0) is 14.7. The molecule has 0 unspecified atom stereocenters. The van der Waals surface area contributed by atoms with E-state index in [2.05, 4.69) is 4.74 Å². The van der Waals surface area contributed by atoms with Crippen LogP contribution in [0.15, 0.2) is 29.8 Å². The number of benzene rings is 1. The number of nitro groups is 1. The second kappa shape index (κ2) is 5.64. The Balaban J connectivity index is 2.34. The summed E-state index contributed by atoms with van der Waals surface area (Å²) in [6, 6.07) is 5.98. The number of carbonyl (C=O) groups is 2. The van der Waals surface area contributed by atoms with Crippen LogP contribution >= 0.6 is 0 Å². The molecule has 0 spiro atoms. The molecule has 0 radical (unpaired) electrons. The number of Topliss-reactive ketones (excluding diaryl/α,β-unsaturated/α-hetero) is 1. The number of methoxy groups -OCH3 is 1. The van der Waals surface area contributed by atoms with Crippen molar-refractivity contribution in [3.05, 3.63) is 45.5 Å². The van der Waals surface area contributed by atoms with Crippen molar-refractivity contribution in [2.24, 2.45) is 0 Å². The highest BCUT2D eigenvalue weighted by molar-refractivity contribution is 6.09. The molecule has 0 saturated carbocycles. The van der Waals surface area contributed by atoms with Gasteiger partial charge in [0.1, 0.15) is 0 Å². The number of hydrogen-bond donors (Lipinski definition) is 0. The van der Waals surface area contributed by atoms with Crippen molar-refractivity contribution < 1.29 is 19.2 Å². The maximum atomic E-state index is 11.8. The van der Waals surface area contributed by atoms with E-state index >= 15 is 0 Å². The molecule has 0 N–H and O–H groups in total. The van der Waals surface area contributed by atoms with Gasteiger partial charge in [-0.3, -0.25) is 19.7 Å². The molecule has 2 rings (SSSR count). The quantitative estimate of drug-likeness (QED) is 0.478. The predicted octanol–water partition coefficient (Wildman–Crippen LogP) is 2.27. The number of non-ortho nitro benzene ring substituents is 1. The largest absolute Gasteiger partial charge is 0.469 e. The second-order valence-electron chi connectivity index (χ2n) is 4.44. The standard InChI is InChI=1S/C14H13NO5/c1-20-14(17)8-12-11(6-7-13(12)16)9-2-4-10(5-3-9)15(18)19/h2-5H,6-8H2,1H3. The molecule has 1 aliphatic rings. The van der Waals surface area contributed by atoms with Crippen molar-refractivity contribution in [1.29, 1.82) is 0 Å². The van der Waals surface area contributed by atoms with Crippen LogP contribution in [0.3, 0.4) is 0 Å². The normalized spacial score (nSPS) is 14.6. The van der Waals surface area contributed by atoms with Gasteiger partial charge >= 0.3 is 5.97 Å². The molecule has 1 aromatic rings. The fraction of sp³-hybridized carbons (Fsp3) is 0.286. The molecular formula is C14H13NO5. The summed E-state index contributed by atoms with van der Waals surface area (Å²) in [6.07, 6.45) is 0.850. The fourth-order valence-corrected chi connectivity index (χ4v) is 2.23. The van der Waals surface area contributed by atoms with Gasteiger partial charge in [-0.2, -0.15) is 0 Å². The number of ketones is 1. The van der Waals surface area contributed by atoms with Crippen molar-refractivity contribution in [2.45, 2.75) is 19.3 Å². The highest BCUT2D eigenvalue weighted by Gasteiger charge is 2.26. The average Bonchev–Trinajstić information content (AvgIpc) is 2.80. The van der Waals surface area contributed by atoms with E-state index in [9.17, 15) is 19.7 Å². The molecule has 0 heterocycles. The van der Waals surface area contributed by atoms with Gasteiger partial charge in [0.2, 0.25) is 0 Å². The molecule has 6 heteroatoms. The van der Waals surface area contributed by atoms with Gasteiger partial charge in [-0.1, -0.05) is 0 Å². The van der Waals surface area contributed by atoms with E-state index in [0.29, 0.717) is 18.4 Å². The molecule has 0 amide bonds. The second-order valence-corrected chi connectivity index (χ2v) is 4.44. The SMILES string of the molecule is COC(=O)CC1=C(c2ccc([N+](=O)[O-])cc2)CCC1=O.